The van der Waals surface area contributed by atoms with Crippen LogP contribution >= 0.6 is 15.9 Å². The monoisotopic (exact) mass is 350 g/mol. The molecule has 110 valence electrons. The van der Waals surface area contributed by atoms with E-state index in [1.54, 1.807) is 25.3 Å². The highest BCUT2D eigenvalue weighted by atomic mass is 79.9. The molecule has 0 fully saturated rings. The van der Waals surface area contributed by atoms with Gasteiger partial charge in [-0.3, -0.25) is 4.79 Å². The first-order valence-corrected chi connectivity index (χ1v) is 7.05. The molecule has 0 bridgehead atoms. The van der Waals surface area contributed by atoms with Crippen LogP contribution in [0.3, 0.4) is 0 Å². The maximum absolute atomic E-state index is 10.9. The summed E-state index contributed by atoms with van der Waals surface area (Å²) in [5, 5.41) is 0. The quantitative estimate of drug-likeness (QED) is 0.742. The third-order valence-corrected chi connectivity index (χ3v) is 3.47. The van der Waals surface area contributed by atoms with Crippen molar-refractivity contribution in [1.29, 1.82) is 0 Å². The normalized spacial score (nSPS) is 10.0. The SMILES string of the molecule is COc1cc(OCc2ccc(Br)cc2OC)ccc1C=O. The highest BCUT2D eigenvalue weighted by molar-refractivity contribution is 9.10. The Hall–Kier alpha value is -2.01. The van der Waals surface area contributed by atoms with Crippen molar-refractivity contribution < 1.29 is 19.0 Å². The number of aldehydes is 1. The smallest absolute Gasteiger partial charge is 0.153 e. The van der Waals surface area contributed by atoms with Gasteiger partial charge in [-0.05, 0) is 24.3 Å². The van der Waals surface area contributed by atoms with Gasteiger partial charge in [0.05, 0.1) is 19.8 Å². The maximum atomic E-state index is 10.9. The van der Waals surface area contributed by atoms with Gasteiger partial charge in [-0.2, -0.15) is 0 Å². The van der Waals surface area contributed by atoms with Crippen LogP contribution in [0.5, 0.6) is 17.2 Å². The lowest BCUT2D eigenvalue weighted by Crippen LogP contribution is -1.99. The lowest BCUT2D eigenvalue weighted by Gasteiger charge is -2.12. The summed E-state index contributed by atoms with van der Waals surface area (Å²) in [5.41, 5.74) is 1.42. The minimum Gasteiger partial charge on any atom is -0.496 e. The average Bonchev–Trinajstić information content (AvgIpc) is 2.53. The molecule has 4 nitrogen and oxygen atoms in total. The fraction of sp³-hybridized carbons (Fsp3) is 0.188. The van der Waals surface area contributed by atoms with E-state index < -0.39 is 0 Å². The second-order valence-corrected chi connectivity index (χ2v) is 5.18. The third kappa shape index (κ3) is 3.76. The van der Waals surface area contributed by atoms with Crippen LogP contribution in [0, 0.1) is 0 Å². The predicted octanol–water partition coefficient (Wildman–Crippen LogP) is 3.86. The maximum Gasteiger partial charge on any atom is 0.153 e. The number of methoxy groups -OCH3 is 2. The molecule has 0 radical (unpaired) electrons. The molecule has 0 atom stereocenters. The Morgan fingerprint density at radius 3 is 2.48 bits per heavy atom. The van der Waals surface area contributed by atoms with Gasteiger partial charge in [0.1, 0.15) is 23.9 Å². The first-order valence-electron chi connectivity index (χ1n) is 6.26. The van der Waals surface area contributed by atoms with Crippen LogP contribution in [0.4, 0.5) is 0 Å². The van der Waals surface area contributed by atoms with E-state index in [1.807, 2.05) is 18.2 Å². The summed E-state index contributed by atoms with van der Waals surface area (Å²) in [6.07, 6.45) is 0.750. The summed E-state index contributed by atoms with van der Waals surface area (Å²) < 4.78 is 17.1. The van der Waals surface area contributed by atoms with Crippen molar-refractivity contribution >= 4 is 22.2 Å². The van der Waals surface area contributed by atoms with Crippen LogP contribution in [-0.2, 0) is 6.61 Å². The van der Waals surface area contributed by atoms with Crippen molar-refractivity contribution in [2.45, 2.75) is 6.61 Å². The van der Waals surface area contributed by atoms with Crippen LogP contribution in [0.15, 0.2) is 40.9 Å². The number of benzene rings is 2. The van der Waals surface area contributed by atoms with Gasteiger partial charge in [-0.25, -0.2) is 0 Å². The Morgan fingerprint density at radius 1 is 1.05 bits per heavy atom. The first-order chi connectivity index (χ1) is 10.2. The molecule has 0 saturated carbocycles. The average molecular weight is 351 g/mol. The molecule has 0 aliphatic rings. The zero-order chi connectivity index (χ0) is 15.2. The Kier molecular flexibility index (Phi) is 5.22. The molecule has 0 saturated heterocycles. The van der Waals surface area contributed by atoms with E-state index in [1.165, 1.54) is 7.11 Å². The summed E-state index contributed by atoms with van der Waals surface area (Å²) in [5.74, 6) is 1.87. The lowest BCUT2D eigenvalue weighted by atomic mass is 10.2. The zero-order valence-corrected chi connectivity index (χ0v) is 13.3. The number of rotatable bonds is 6. The number of hydrogen-bond acceptors (Lipinski definition) is 4. The molecule has 2 aromatic carbocycles. The molecule has 0 aromatic heterocycles. The van der Waals surface area contributed by atoms with E-state index in [-0.39, 0.29) is 0 Å². The molecular formula is C16H15BrO4. The first kappa shape index (κ1) is 15.4. The third-order valence-electron chi connectivity index (χ3n) is 2.98. The Balaban J connectivity index is 2.15. The second kappa shape index (κ2) is 7.13. The molecule has 0 unspecified atom stereocenters. The molecule has 0 aliphatic heterocycles. The van der Waals surface area contributed by atoms with Gasteiger partial charge in [-0.1, -0.05) is 22.0 Å². The molecule has 2 aromatic rings. The van der Waals surface area contributed by atoms with Crippen LogP contribution in [0.1, 0.15) is 15.9 Å². The zero-order valence-electron chi connectivity index (χ0n) is 11.8. The fourth-order valence-electron chi connectivity index (χ4n) is 1.88. The molecule has 21 heavy (non-hydrogen) atoms. The van der Waals surface area contributed by atoms with Crippen molar-refractivity contribution in [3.63, 3.8) is 0 Å². The second-order valence-electron chi connectivity index (χ2n) is 4.27. The van der Waals surface area contributed by atoms with Gasteiger partial charge in [-0.15, -0.1) is 0 Å². The number of hydrogen-bond donors (Lipinski definition) is 0. The summed E-state index contributed by atoms with van der Waals surface area (Å²) in [7, 11) is 3.14. The Morgan fingerprint density at radius 2 is 1.81 bits per heavy atom. The molecule has 5 heteroatoms. The molecule has 0 heterocycles. The van der Waals surface area contributed by atoms with Gasteiger partial charge in [0, 0.05) is 16.1 Å². The van der Waals surface area contributed by atoms with Crippen molar-refractivity contribution in [1.82, 2.24) is 0 Å². The van der Waals surface area contributed by atoms with Crippen molar-refractivity contribution in [3.8, 4) is 17.2 Å². The largest absolute Gasteiger partial charge is 0.496 e. The van der Waals surface area contributed by atoms with Crippen LogP contribution in [0.2, 0.25) is 0 Å². The van der Waals surface area contributed by atoms with Crippen molar-refractivity contribution in [3.05, 3.63) is 52.0 Å². The summed E-state index contributed by atoms with van der Waals surface area (Å²) >= 11 is 3.40. The summed E-state index contributed by atoms with van der Waals surface area (Å²) in [6, 6.07) is 10.8. The van der Waals surface area contributed by atoms with Crippen molar-refractivity contribution in [2.75, 3.05) is 14.2 Å². The van der Waals surface area contributed by atoms with Crippen LogP contribution in [-0.4, -0.2) is 20.5 Å². The fourth-order valence-corrected chi connectivity index (χ4v) is 2.22. The van der Waals surface area contributed by atoms with E-state index in [0.29, 0.717) is 23.7 Å². The number of halogens is 1. The predicted molar refractivity (Wildman–Crippen MR) is 83.4 cm³/mol. The van der Waals surface area contributed by atoms with Gasteiger partial charge in [0.25, 0.3) is 0 Å². The molecule has 0 aliphatic carbocycles. The molecule has 2 rings (SSSR count). The van der Waals surface area contributed by atoms with Gasteiger partial charge < -0.3 is 14.2 Å². The number of ether oxygens (including phenoxy) is 3. The Bertz CT molecular complexity index is 640. The van der Waals surface area contributed by atoms with E-state index in [9.17, 15) is 4.79 Å². The summed E-state index contributed by atoms with van der Waals surface area (Å²) in [6.45, 7) is 0.361. The standard InChI is InChI=1S/C16H15BrO4/c1-19-15-7-13(17)5-3-12(15)10-21-14-6-4-11(9-18)16(8-14)20-2/h3-9H,10H2,1-2H3. The topological polar surface area (TPSA) is 44.8 Å². The summed E-state index contributed by atoms with van der Waals surface area (Å²) in [4.78, 5) is 10.9. The number of carbonyl (C=O) groups excluding carboxylic acids is 1. The highest BCUT2D eigenvalue weighted by Crippen LogP contribution is 2.27. The van der Waals surface area contributed by atoms with Crippen LogP contribution < -0.4 is 14.2 Å². The van der Waals surface area contributed by atoms with E-state index >= 15 is 0 Å². The van der Waals surface area contributed by atoms with E-state index in [2.05, 4.69) is 15.9 Å². The Labute approximate surface area is 131 Å². The molecular weight excluding hydrogens is 336 g/mol. The molecule has 0 spiro atoms. The van der Waals surface area contributed by atoms with Gasteiger partial charge >= 0.3 is 0 Å². The van der Waals surface area contributed by atoms with Crippen LogP contribution in [0.25, 0.3) is 0 Å². The minimum absolute atomic E-state index is 0.361. The van der Waals surface area contributed by atoms with E-state index in [0.717, 1.165) is 22.1 Å². The van der Waals surface area contributed by atoms with Crippen molar-refractivity contribution in [2.24, 2.45) is 0 Å². The highest BCUT2D eigenvalue weighted by Gasteiger charge is 2.07. The minimum atomic E-state index is 0.361. The van der Waals surface area contributed by atoms with E-state index in [4.69, 9.17) is 14.2 Å². The number of carbonyl (C=O) groups is 1. The van der Waals surface area contributed by atoms with Gasteiger partial charge in [0.15, 0.2) is 6.29 Å². The lowest BCUT2D eigenvalue weighted by molar-refractivity contribution is 0.112. The molecule has 0 N–H and O–H groups in total. The van der Waals surface area contributed by atoms with Gasteiger partial charge in [0.2, 0.25) is 0 Å². The molecule has 0 amide bonds.